The summed E-state index contributed by atoms with van der Waals surface area (Å²) in [7, 11) is 2.01. The van der Waals surface area contributed by atoms with Crippen LogP contribution in [-0.4, -0.2) is 52.0 Å². The van der Waals surface area contributed by atoms with Crippen molar-refractivity contribution in [2.75, 3.05) is 23.9 Å². The van der Waals surface area contributed by atoms with Crippen LogP contribution in [0.5, 0.6) is 5.75 Å². The normalized spacial score (nSPS) is 14.2. The maximum Gasteiger partial charge on any atom is 0.412 e. The van der Waals surface area contributed by atoms with Gasteiger partial charge in [0, 0.05) is 24.0 Å². The van der Waals surface area contributed by atoms with Crippen molar-refractivity contribution in [2.45, 2.75) is 78.4 Å². The van der Waals surface area contributed by atoms with E-state index in [-0.39, 0.29) is 31.6 Å². The molecular weight excluding hydrogens is 601 g/mol. The van der Waals surface area contributed by atoms with E-state index >= 15 is 0 Å². The lowest BCUT2D eigenvalue weighted by Crippen LogP contribution is -2.30. The number of nitrogens with one attached hydrogen (secondary N) is 1. The molecule has 0 saturated heterocycles. The smallest absolute Gasteiger partial charge is 0.412 e. The number of halogens is 1. The third-order valence-corrected chi connectivity index (χ3v) is 7.36. The summed E-state index contributed by atoms with van der Waals surface area (Å²) in [4.78, 5) is 27.5. The minimum absolute atomic E-state index is 0.148. The van der Waals surface area contributed by atoms with E-state index < -0.39 is 24.0 Å². The molecule has 5 rings (SSSR count). The van der Waals surface area contributed by atoms with E-state index in [0.717, 1.165) is 33.5 Å². The van der Waals surface area contributed by atoms with Crippen LogP contribution in [-0.2, 0) is 33.8 Å². The van der Waals surface area contributed by atoms with Gasteiger partial charge in [-0.25, -0.2) is 13.9 Å². The summed E-state index contributed by atoms with van der Waals surface area (Å²) in [5, 5.41) is 10.8. The number of nitrogens with zero attached hydrogens (tertiary/aromatic N) is 4. The summed E-state index contributed by atoms with van der Waals surface area (Å²) in [6.07, 6.45) is 1.29. The van der Waals surface area contributed by atoms with Crippen molar-refractivity contribution < 1.29 is 28.2 Å². The Morgan fingerprint density at radius 3 is 2.30 bits per heavy atom. The van der Waals surface area contributed by atoms with Crippen molar-refractivity contribution >= 4 is 23.4 Å². The average molecular weight is 644 g/mol. The van der Waals surface area contributed by atoms with Crippen LogP contribution in [0.2, 0.25) is 0 Å². The number of hydrogen-bond donors (Lipinski definition) is 1. The van der Waals surface area contributed by atoms with Gasteiger partial charge in [-0.05, 0) is 88.1 Å². The highest BCUT2D eigenvalue weighted by molar-refractivity contribution is 5.91. The summed E-state index contributed by atoms with van der Waals surface area (Å²) in [5.74, 6) is 0.359. The number of carbonyl (C=O) groups excluding carboxylic acids is 2. The fourth-order valence-electron chi connectivity index (χ4n) is 5.54. The zero-order chi connectivity index (χ0) is 33.9. The molecule has 1 aromatic heterocycles. The Kier molecular flexibility index (Phi) is 9.55. The molecule has 1 atom stereocenters. The van der Waals surface area contributed by atoms with E-state index in [1.807, 2.05) is 103 Å². The van der Waals surface area contributed by atoms with Gasteiger partial charge in [-0.3, -0.25) is 10.1 Å². The number of benzene rings is 3. The first-order chi connectivity index (χ1) is 22.2. The molecule has 1 aliphatic rings. The number of anilines is 2. The quantitative estimate of drug-likeness (QED) is 0.190. The van der Waals surface area contributed by atoms with Gasteiger partial charge in [0.15, 0.2) is 0 Å². The Balaban J connectivity index is 1.46. The van der Waals surface area contributed by atoms with Gasteiger partial charge in [0.05, 0.1) is 25.2 Å². The lowest BCUT2D eigenvalue weighted by atomic mass is 9.84. The summed E-state index contributed by atoms with van der Waals surface area (Å²) in [6, 6.07) is 19.5. The molecule has 0 spiro atoms. The summed E-state index contributed by atoms with van der Waals surface area (Å²) < 4.78 is 31.1. The van der Waals surface area contributed by atoms with Crippen molar-refractivity contribution in [3.63, 3.8) is 0 Å². The van der Waals surface area contributed by atoms with E-state index in [1.54, 1.807) is 6.20 Å². The minimum Gasteiger partial charge on any atom is -0.487 e. The maximum absolute atomic E-state index is 12.7. The molecule has 1 unspecified atom stereocenters. The van der Waals surface area contributed by atoms with E-state index in [9.17, 15) is 14.0 Å². The van der Waals surface area contributed by atoms with Crippen molar-refractivity contribution in [3.8, 4) is 16.9 Å². The van der Waals surface area contributed by atoms with Crippen molar-refractivity contribution in [1.82, 2.24) is 15.0 Å². The van der Waals surface area contributed by atoms with Crippen LogP contribution in [0.4, 0.5) is 20.6 Å². The number of ether oxygens (including phenoxy) is 3. The fourth-order valence-corrected chi connectivity index (χ4v) is 5.54. The van der Waals surface area contributed by atoms with Gasteiger partial charge < -0.3 is 19.1 Å². The zero-order valence-corrected chi connectivity index (χ0v) is 28.0. The third kappa shape index (κ3) is 8.46. The Morgan fingerprint density at radius 1 is 0.915 bits per heavy atom. The van der Waals surface area contributed by atoms with Gasteiger partial charge in [-0.1, -0.05) is 41.6 Å². The highest BCUT2D eigenvalue weighted by Gasteiger charge is 2.31. The molecule has 0 bridgehead atoms. The van der Waals surface area contributed by atoms with E-state index in [1.165, 1.54) is 4.68 Å². The third-order valence-electron chi connectivity index (χ3n) is 7.36. The largest absolute Gasteiger partial charge is 0.487 e. The minimum atomic E-state index is -0.625. The lowest BCUT2D eigenvalue weighted by Gasteiger charge is -2.38. The van der Waals surface area contributed by atoms with Gasteiger partial charge in [0.2, 0.25) is 0 Å². The predicted molar refractivity (Wildman–Crippen MR) is 178 cm³/mol. The molecule has 0 radical (unpaired) electrons. The Hall–Kier alpha value is -4.93. The van der Waals surface area contributed by atoms with Crippen LogP contribution in [0, 0.1) is 0 Å². The predicted octanol–water partition coefficient (Wildman–Crippen LogP) is 7.26. The molecule has 0 fully saturated rings. The molecule has 2 heterocycles. The SMILES string of the molecule is CN1c2cc(NC(=O)OC(C)(C)C)ccc2-c2ccc(CC(=O)OC(C)(C)C)cc2C1c1ccc(OCc2cn(CCF)nn2)cc1. The van der Waals surface area contributed by atoms with Crippen LogP contribution in [0.3, 0.4) is 0 Å². The van der Waals surface area contributed by atoms with Crippen molar-refractivity contribution in [3.05, 3.63) is 89.2 Å². The second kappa shape index (κ2) is 13.4. The zero-order valence-electron chi connectivity index (χ0n) is 28.0. The first kappa shape index (κ1) is 33.4. The summed E-state index contributed by atoms with van der Waals surface area (Å²) in [6.45, 7) is 10.9. The molecule has 0 aliphatic carbocycles. The van der Waals surface area contributed by atoms with Gasteiger partial charge in [0.1, 0.15) is 35.9 Å². The Bertz CT molecular complexity index is 1740. The molecule has 11 heteroatoms. The molecule has 1 N–H and O–H groups in total. The van der Waals surface area contributed by atoms with E-state index in [0.29, 0.717) is 17.1 Å². The monoisotopic (exact) mass is 643 g/mol. The second-order valence-electron chi connectivity index (χ2n) is 13.6. The number of esters is 1. The lowest BCUT2D eigenvalue weighted by molar-refractivity contribution is -0.153. The summed E-state index contributed by atoms with van der Waals surface area (Å²) >= 11 is 0. The maximum atomic E-state index is 12.7. The van der Waals surface area contributed by atoms with Gasteiger partial charge in [0.25, 0.3) is 0 Å². The second-order valence-corrected chi connectivity index (χ2v) is 13.6. The Morgan fingerprint density at radius 2 is 1.62 bits per heavy atom. The molecular formula is C36H42FN5O5. The first-order valence-electron chi connectivity index (χ1n) is 15.6. The highest BCUT2D eigenvalue weighted by atomic mass is 19.1. The molecule has 0 saturated carbocycles. The molecule has 248 valence electrons. The molecule has 4 aromatic rings. The van der Waals surface area contributed by atoms with Crippen LogP contribution < -0.4 is 15.0 Å². The average Bonchev–Trinajstić information content (AvgIpc) is 3.42. The first-order valence-corrected chi connectivity index (χ1v) is 15.6. The van der Waals surface area contributed by atoms with E-state index in [4.69, 9.17) is 14.2 Å². The van der Waals surface area contributed by atoms with Crippen LogP contribution in [0.15, 0.2) is 66.9 Å². The number of hydrogen-bond acceptors (Lipinski definition) is 8. The van der Waals surface area contributed by atoms with Gasteiger partial charge in [-0.15, -0.1) is 5.10 Å². The molecule has 47 heavy (non-hydrogen) atoms. The van der Waals surface area contributed by atoms with Crippen molar-refractivity contribution in [2.24, 2.45) is 0 Å². The number of rotatable bonds is 9. The van der Waals surface area contributed by atoms with Gasteiger partial charge in [-0.2, -0.15) is 0 Å². The standard InChI is InChI=1S/C36H42FN5O5/c1-35(2,3)46-32(43)19-23-8-14-28-29-15-11-25(38-34(44)47-36(4,5)6)20-31(29)41(7)33(30(28)18-23)24-9-12-27(13-10-24)45-22-26-21-42(17-16-37)40-39-26/h8-15,18,20-21,33H,16-17,19,22H2,1-7H3,(H,38,44). The van der Waals surface area contributed by atoms with Crippen LogP contribution in [0.1, 0.15) is 70.0 Å². The topological polar surface area (TPSA) is 108 Å². The number of aromatic nitrogens is 3. The number of amides is 1. The molecule has 1 aliphatic heterocycles. The van der Waals surface area contributed by atoms with Crippen LogP contribution >= 0.6 is 0 Å². The number of fused-ring (bicyclic) bond motifs is 3. The number of aryl methyl sites for hydroxylation is 1. The van der Waals surface area contributed by atoms with Crippen LogP contribution in [0.25, 0.3) is 11.1 Å². The van der Waals surface area contributed by atoms with Crippen molar-refractivity contribution in [1.29, 1.82) is 0 Å². The molecule has 3 aromatic carbocycles. The summed E-state index contributed by atoms with van der Waals surface area (Å²) in [5.41, 5.74) is 5.85. The highest BCUT2D eigenvalue weighted by Crippen LogP contribution is 2.48. The number of carbonyl (C=O) groups is 2. The molecule has 10 nitrogen and oxygen atoms in total. The van der Waals surface area contributed by atoms with E-state index in [2.05, 4.69) is 26.6 Å². The van der Waals surface area contributed by atoms with Gasteiger partial charge >= 0.3 is 12.1 Å². The number of alkyl halides is 1. The Labute approximate surface area is 274 Å². The molecule has 1 amide bonds. The fraction of sp³-hybridized carbons (Fsp3) is 0.389.